The lowest BCUT2D eigenvalue weighted by molar-refractivity contribution is -0.137. The number of para-hydroxylation sites is 1. The van der Waals surface area contributed by atoms with Crippen LogP contribution in [0.5, 0.6) is 0 Å². The average molecular weight is 363 g/mol. The van der Waals surface area contributed by atoms with Crippen LogP contribution in [0.1, 0.15) is 17.7 Å². The second kappa shape index (κ2) is 7.15. The third-order valence-corrected chi connectivity index (χ3v) is 4.17. The van der Waals surface area contributed by atoms with Crippen molar-refractivity contribution in [3.8, 4) is 0 Å². The number of hydrogen-bond acceptors (Lipinski definition) is 3. The third kappa shape index (κ3) is 3.84. The summed E-state index contributed by atoms with van der Waals surface area (Å²) in [4.78, 5) is 29.6. The molecule has 0 radical (unpaired) electrons. The maximum Gasteiger partial charge on any atom is 0.418 e. The summed E-state index contributed by atoms with van der Waals surface area (Å²) in [6, 6.07) is 10.1. The van der Waals surface area contributed by atoms with E-state index in [-0.39, 0.29) is 31.1 Å². The van der Waals surface area contributed by atoms with Gasteiger partial charge in [0.1, 0.15) is 0 Å². The second-order valence-corrected chi connectivity index (χ2v) is 5.96. The van der Waals surface area contributed by atoms with Crippen molar-refractivity contribution in [1.29, 1.82) is 0 Å². The molecule has 1 atom stereocenters. The van der Waals surface area contributed by atoms with Crippen molar-refractivity contribution >= 4 is 17.5 Å². The standard InChI is InChI=1S/C18H16F3N3O2/c19-18(20,21)14-6-1-2-7-15(14)24-11-12(9-16(24)25)17(26)23-10-13-5-3-4-8-22-13/h1-8,12H,9-11H2,(H,23,26). The van der Waals surface area contributed by atoms with Gasteiger partial charge in [0.15, 0.2) is 0 Å². The first kappa shape index (κ1) is 17.9. The molecular formula is C18H16F3N3O2. The van der Waals surface area contributed by atoms with E-state index in [1.54, 1.807) is 24.4 Å². The Hall–Kier alpha value is -2.90. The Bertz CT molecular complexity index is 809. The van der Waals surface area contributed by atoms with Crippen molar-refractivity contribution in [2.24, 2.45) is 5.92 Å². The van der Waals surface area contributed by atoms with Gasteiger partial charge in [0.25, 0.3) is 0 Å². The van der Waals surface area contributed by atoms with E-state index in [0.717, 1.165) is 11.0 Å². The number of hydrogen-bond donors (Lipinski definition) is 1. The molecule has 1 aromatic heterocycles. The summed E-state index contributed by atoms with van der Waals surface area (Å²) in [7, 11) is 0. The van der Waals surface area contributed by atoms with Crippen LogP contribution in [0.15, 0.2) is 48.7 Å². The average Bonchev–Trinajstić information content (AvgIpc) is 3.01. The predicted molar refractivity (Wildman–Crippen MR) is 88.0 cm³/mol. The van der Waals surface area contributed by atoms with Crippen LogP contribution in [-0.2, 0) is 22.3 Å². The number of benzene rings is 1. The summed E-state index contributed by atoms with van der Waals surface area (Å²) in [6.07, 6.45) is -3.10. The zero-order chi connectivity index (χ0) is 18.7. The summed E-state index contributed by atoms with van der Waals surface area (Å²) >= 11 is 0. The molecule has 3 rings (SSSR count). The van der Waals surface area contributed by atoms with Gasteiger partial charge in [-0.05, 0) is 24.3 Å². The van der Waals surface area contributed by atoms with Crippen LogP contribution in [0.3, 0.4) is 0 Å². The molecule has 2 amide bonds. The van der Waals surface area contributed by atoms with Crippen LogP contribution in [0.25, 0.3) is 0 Å². The topological polar surface area (TPSA) is 62.3 Å². The summed E-state index contributed by atoms with van der Waals surface area (Å²) in [5, 5.41) is 2.68. The van der Waals surface area contributed by atoms with Crippen molar-refractivity contribution in [1.82, 2.24) is 10.3 Å². The maximum absolute atomic E-state index is 13.2. The lowest BCUT2D eigenvalue weighted by Gasteiger charge is -2.21. The van der Waals surface area contributed by atoms with E-state index < -0.39 is 23.6 Å². The zero-order valence-electron chi connectivity index (χ0n) is 13.7. The van der Waals surface area contributed by atoms with Gasteiger partial charge in [0.2, 0.25) is 11.8 Å². The lowest BCUT2D eigenvalue weighted by atomic mass is 10.1. The van der Waals surface area contributed by atoms with Gasteiger partial charge in [-0.15, -0.1) is 0 Å². The Morgan fingerprint density at radius 2 is 1.92 bits per heavy atom. The molecule has 2 heterocycles. The maximum atomic E-state index is 13.2. The monoisotopic (exact) mass is 363 g/mol. The number of pyridine rings is 1. The molecule has 2 aromatic rings. The van der Waals surface area contributed by atoms with Gasteiger partial charge in [-0.2, -0.15) is 13.2 Å². The van der Waals surface area contributed by atoms with Crippen molar-refractivity contribution in [3.63, 3.8) is 0 Å². The Morgan fingerprint density at radius 3 is 2.62 bits per heavy atom. The number of carbonyl (C=O) groups is 2. The van der Waals surface area contributed by atoms with Gasteiger partial charge in [0.05, 0.1) is 29.4 Å². The molecule has 1 N–H and O–H groups in total. The molecule has 8 heteroatoms. The summed E-state index contributed by atoms with van der Waals surface area (Å²) < 4.78 is 39.5. The first-order chi connectivity index (χ1) is 12.4. The third-order valence-electron chi connectivity index (χ3n) is 4.17. The van der Waals surface area contributed by atoms with E-state index in [4.69, 9.17) is 0 Å². The SMILES string of the molecule is O=C(NCc1ccccn1)C1CC(=O)N(c2ccccc2C(F)(F)F)C1. The van der Waals surface area contributed by atoms with E-state index >= 15 is 0 Å². The Labute approximate surface area is 147 Å². The highest BCUT2D eigenvalue weighted by Crippen LogP contribution is 2.38. The molecule has 136 valence electrons. The highest BCUT2D eigenvalue weighted by molar-refractivity contribution is 6.00. The predicted octanol–water partition coefficient (Wildman–Crippen LogP) is 2.77. The van der Waals surface area contributed by atoms with Gasteiger partial charge in [0, 0.05) is 19.2 Å². The van der Waals surface area contributed by atoms with E-state index in [1.165, 1.54) is 18.2 Å². The van der Waals surface area contributed by atoms with Crippen LogP contribution in [-0.4, -0.2) is 23.3 Å². The molecule has 0 aliphatic carbocycles. The van der Waals surface area contributed by atoms with Crippen LogP contribution in [0, 0.1) is 5.92 Å². The molecule has 0 bridgehead atoms. The van der Waals surface area contributed by atoms with E-state index in [1.807, 2.05) is 0 Å². The van der Waals surface area contributed by atoms with Crippen LogP contribution >= 0.6 is 0 Å². The number of rotatable bonds is 4. The Morgan fingerprint density at radius 1 is 1.19 bits per heavy atom. The number of anilines is 1. The fourth-order valence-corrected chi connectivity index (χ4v) is 2.89. The number of amides is 2. The molecule has 0 saturated carbocycles. The van der Waals surface area contributed by atoms with Gasteiger partial charge in [-0.3, -0.25) is 14.6 Å². The summed E-state index contributed by atoms with van der Waals surface area (Å²) in [6.45, 7) is 0.115. The minimum absolute atomic E-state index is 0.0834. The van der Waals surface area contributed by atoms with Gasteiger partial charge in [-0.25, -0.2) is 0 Å². The highest BCUT2D eigenvalue weighted by Gasteiger charge is 2.40. The number of nitrogens with zero attached hydrogens (tertiary/aromatic N) is 2. The molecule has 1 aliphatic heterocycles. The molecule has 1 saturated heterocycles. The molecule has 1 unspecified atom stereocenters. The molecule has 26 heavy (non-hydrogen) atoms. The zero-order valence-corrected chi connectivity index (χ0v) is 13.7. The fraction of sp³-hybridized carbons (Fsp3) is 0.278. The molecular weight excluding hydrogens is 347 g/mol. The molecule has 1 aromatic carbocycles. The number of aromatic nitrogens is 1. The lowest BCUT2D eigenvalue weighted by Crippen LogP contribution is -2.33. The van der Waals surface area contributed by atoms with Gasteiger partial charge < -0.3 is 10.2 Å². The Kier molecular flexibility index (Phi) is 4.92. The molecule has 1 aliphatic rings. The molecule has 0 spiro atoms. The quantitative estimate of drug-likeness (QED) is 0.909. The smallest absolute Gasteiger partial charge is 0.350 e. The number of alkyl halides is 3. The van der Waals surface area contributed by atoms with Crippen molar-refractivity contribution in [2.45, 2.75) is 19.1 Å². The van der Waals surface area contributed by atoms with Gasteiger partial charge >= 0.3 is 6.18 Å². The number of nitrogens with one attached hydrogen (secondary N) is 1. The fourth-order valence-electron chi connectivity index (χ4n) is 2.89. The van der Waals surface area contributed by atoms with Crippen molar-refractivity contribution < 1.29 is 22.8 Å². The second-order valence-electron chi connectivity index (χ2n) is 5.96. The number of halogens is 3. The first-order valence-corrected chi connectivity index (χ1v) is 8.00. The summed E-state index contributed by atoms with van der Waals surface area (Å²) in [5.74, 6) is -1.58. The van der Waals surface area contributed by atoms with Crippen molar-refractivity contribution in [2.75, 3.05) is 11.4 Å². The van der Waals surface area contributed by atoms with E-state index in [0.29, 0.717) is 5.69 Å². The largest absolute Gasteiger partial charge is 0.418 e. The van der Waals surface area contributed by atoms with Crippen LogP contribution in [0.4, 0.5) is 18.9 Å². The van der Waals surface area contributed by atoms with Crippen LogP contribution in [0.2, 0.25) is 0 Å². The van der Waals surface area contributed by atoms with Crippen LogP contribution < -0.4 is 10.2 Å². The number of carbonyl (C=O) groups excluding carboxylic acids is 2. The minimum Gasteiger partial charge on any atom is -0.350 e. The van der Waals surface area contributed by atoms with E-state index in [9.17, 15) is 22.8 Å². The van der Waals surface area contributed by atoms with Gasteiger partial charge in [-0.1, -0.05) is 18.2 Å². The Balaban J connectivity index is 1.70. The van der Waals surface area contributed by atoms with E-state index in [2.05, 4.69) is 10.3 Å². The highest BCUT2D eigenvalue weighted by atomic mass is 19.4. The first-order valence-electron chi connectivity index (χ1n) is 8.00. The molecule has 1 fully saturated rings. The summed E-state index contributed by atoms with van der Waals surface area (Å²) in [5.41, 5.74) is -0.447. The minimum atomic E-state index is -4.57. The molecule has 5 nitrogen and oxygen atoms in total. The van der Waals surface area contributed by atoms with Crippen molar-refractivity contribution in [3.05, 3.63) is 59.9 Å². The normalized spacial score (nSPS) is 17.4.